The van der Waals surface area contributed by atoms with Crippen molar-refractivity contribution in [2.45, 2.75) is 39.0 Å². The number of nitrogens with zero attached hydrogens (tertiary/aromatic N) is 2. The van der Waals surface area contributed by atoms with Crippen LogP contribution < -0.4 is 5.32 Å². The number of aliphatic hydroxyl groups is 1. The Labute approximate surface area is 138 Å². The minimum Gasteiger partial charge on any atom is -0.392 e. The number of carbonyl (C=O) groups is 1. The number of amides is 2. The van der Waals surface area contributed by atoms with Crippen molar-refractivity contribution in [3.05, 3.63) is 35.6 Å². The first-order valence-electron chi connectivity index (χ1n) is 7.86. The van der Waals surface area contributed by atoms with Crippen LogP contribution in [0.1, 0.15) is 32.4 Å². The number of carbonyl (C=O) groups excluding carboxylic acids is 1. The Morgan fingerprint density at radius 1 is 1.30 bits per heavy atom. The largest absolute Gasteiger partial charge is 0.392 e. The molecule has 23 heavy (non-hydrogen) atoms. The summed E-state index contributed by atoms with van der Waals surface area (Å²) in [7, 11) is 3.77. The summed E-state index contributed by atoms with van der Waals surface area (Å²) < 4.78 is 13.4. The van der Waals surface area contributed by atoms with Crippen molar-refractivity contribution in [1.29, 1.82) is 0 Å². The van der Waals surface area contributed by atoms with E-state index in [9.17, 15) is 14.3 Å². The third-order valence-electron chi connectivity index (χ3n) is 3.65. The number of benzene rings is 1. The van der Waals surface area contributed by atoms with Crippen molar-refractivity contribution in [2.24, 2.45) is 0 Å². The van der Waals surface area contributed by atoms with Gasteiger partial charge < -0.3 is 20.2 Å². The van der Waals surface area contributed by atoms with Gasteiger partial charge in [0, 0.05) is 19.1 Å². The molecule has 0 heterocycles. The SMILES string of the molecule is CC(O)CN(C(=O)NCC(c1cccc(F)c1)N(C)C)C(C)C. The number of hydrogen-bond donors (Lipinski definition) is 2. The monoisotopic (exact) mass is 325 g/mol. The van der Waals surface area contributed by atoms with Gasteiger partial charge in [-0.15, -0.1) is 0 Å². The molecule has 130 valence electrons. The summed E-state index contributed by atoms with van der Waals surface area (Å²) in [6.45, 7) is 6.09. The first kappa shape index (κ1) is 19.4. The lowest BCUT2D eigenvalue weighted by Crippen LogP contribution is -2.48. The van der Waals surface area contributed by atoms with Crippen LogP contribution in [0.3, 0.4) is 0 Å². The van der Waals surface area contributed by atoms with Gasteiger partial charge in [-0.1, -0.05) is 12.1 Å². The van der Waals surface area contributed by atoms with Gasteiger partial charge in [0.2, 0.25) is 0 Å². The van der Waals surface area contributed by atoms with Crippen LogP contribution in [0.5, 0.6) is 0 Å². The Hall–Kier alpha value is -1.66. The first-order valence-corrected chi connectivity index (χ1v) is 7.86. The fourth-order valence-electron chi connectivity index (χ4n) is 2.41. The summed E-state index contributed by atoms with van der Waals surface area (Å²) in [6, 6.07) is 6.01. The maximum absolute atomic E-state index is 13.4. The molecular weight excluding hydrogens is 297 g/mol. The van der Waals surface area contributed by atoms with Gasteiger partial charge in [0.25, 0.3) is 0 Å². The molecule has 0 saturated heterocycles. The highest BCUT2D eigenvalue weighted by Gasteiger charge is 2.21. The van der Waals surface area contributed by atoms with Gasteiger partial charge in [-0.05, 0) is 52.6 Å². The molecule has 0 aliphatic rings. The lowest BCUT2D eigenvalue weighted by molar-refractivity contribution is 0.117. The fourth-order valence-corrected chi connectivity index (χ4v) is 2.41. The average Bonchev–Trinajstić information content (AvgIpc) is 2.44. The van der Waals surface area contributed by atoms with Crippen molar-refractivity contribution in [1.82, 2.24) is 15.1 Å². The number of urea groups is 1. The van der Waals surface area contributed by atoms with E-state index in [0.29, 0.717) is 6.54 Å². The Morgan fingerprint density at radius 2 is 1.96 bits per heavy atom. The van der Waals surface area contributed by atoms with Crippen molar-refractivity contribution in [3.63, 3.8) is 0 Å². The molecule has 0 aliphatic heterocycles. The second-order valence-electron chi connectivity index (χ2n) is 6.32. The number of halogens is 1. The number of rotatable bonds is 7. The molecule has 0 aromatic heterocycles. The van der Waals surface area contributed by atoms with Gasteiger partial charge in [0.05, 0.1) is 12.1 Å². The maximum Gasteiger partial charge on any atom is 0.317 e. The van der Waals surface area contributed by atoms with Gasteiger partial charge in [-0.2, -0.15) is 0 Å². The Balaban J connectivity index is 2.76. The van der Waals surface area contributed by atoms with Crippen LogP contribution >= 0.6 is 0 Å². The van der Waals surface area contributed by atoms with Gasteiger partial charge in [0.1, 0.15) is 5.82 Å². The summed E-state index contributed by atoms with van der Waals surface area (Å²) >= 11 is 0. The van der Waals surface area contributed by atoms with Crippen LogP contribution in [-0.2, 0) is 0 Å². The van der Waals surface area contributed by atoms with Crippen LogP contribution in [0.2, 0.25) is 0 Å². The Morgan fingerprint density at radius 3 is 2.43 bits per heavy atom. The number of aliphatic hydroxyl groups excluding tert-OH is 1. The fraction of sp³-hybridized carbons (Fsp3) is 0.588. The summed E-state index contributed by atoms with van der Waals surface area (Å²) in [5.74, 6) is -0.293. The van der Waals surface area contributed by atoms with Crippen LogP contribution in [0.15, 0.2) is 24.3 Å². The molecule has 0 spiro atoms. The van der Waals surface area contributed by atoms with Crippen LogP contribution in [0.25, 0.3) is 0 Å². The van der Waals surface area contributed by atoms with Crippen LogP contribution in [-0.4, -0.2) is 60.3 Å². The zero-order chi connectivity index (χ0) is 17.6. The normalized spacial score (nSPS) is 14.0. The molecule has 2 atom stereocenters. The summed E-state index contributed by atoms with van der Waals surface area (Å²) in [4.78, 5) is 15.9. The third kappa shape index (κ3) is 6.15. The summed E-state index contributed by atoms with van der Waals surface area (Å²) in [5, 5.41) is 12.4. The predicted molar refractivity (Wildman–Crippen MR) is 89.7 cm³/mol. The van der Waals surface area contributed by atoms with Crippen molar-refractivity contribution in [3.8, 4) is 0 Å². The quantitative estimate of drug-likeness (QED) is 0.808. The number of likely N-dealkylation sites (N-methyl/N-ethyl adjacent to an activating group) is 1. The molecule has 0 bridgehead atoms. The van der Waals surface area contributed by atoms with E-state index in [1.165, 1.54) is 12.1 Å². The van der Waals surface area contributed by atoms with Gasteiger partial charge >= 0.3 is 6.03 Å². The molecule has 6 heteroatoms. The summed E-state index contributed by atoms with van der Waals surface area (Å²) in [5.41, 5.74) is 0.807. The zero-order valence-electron chi connectivity index (χ0n) is 14.6. The minimum absolute atomic E-state index is 0.0171. The zero-order valence-corrected chi connectivity index (χ0v) is 14.6. The first-order chi connectivity index (χ1) is 10.7. The number of nitrogens with one attached hydrogen (secondary N) is 1. The van der Waals surface area contributed by atoms with E-state index < -0.39 is 6.10 Å². The van der Waals surface area contributed by atoms with E-state index in [-0.39, 0.29) is 30.5 Å². The van der Waals surface area contributed by atoms with E-state index in [4.69, 9.17) is 0 Å². The van der Waals surface area contributed by atoms with Crippen molar-refractivity contribution < 1.29 is 14.3 Å². The lowest BCUT2D eigenvalue weighted by atomic mass is 10.1. The molecule has 2 unspecified atom stereocenters. The summed E-state index contributed by atoms with van der Waals surface area (Å²) in [6.07, 6.45) is -0.587. The molecule has 0 saturated carbocycles. The van der Waals surface area contributed by atoms with Crippen molar-refractivity contribution in [2.75, 3.05) is 27.2 Å². The molecule has 0 radical (unpaired) electrons. The Kier molecular flexibility index (Phi) is 7.45. The second kappa shape index (κ2) is 8.84. The standard InChI is InChI=1S/C17H28FN3O2/c1-12(2)21(11-13(3)22)17(23)19-10-16(20(4)5)14-7-6-8-15(18)9-14/h6-9,12-13,16,22H,10-11H2,1-5H3,(H,19,23). The molecule has 1 rings (SSSR count). The van der Waals surface area contributed by atoms with E-state index in [2.05, 4.69) is 5.32 Å². The smallest absolute Gasteiger partial charge is 0.317 e. The van der Waals surface area contributed by atoms with E-state index >= 15 is 0 Å². The van der Waals surface area contributed by atoms with Crippen molar-refractivity contribution >= 4 is 6.03 Å². The average molecular weight is 325 g/mol. The molecular formula is C17H28FN3O2. The van der Waals surface area contributed by atoms with Gasteiger partial charge in [-0.25, -0.2) is 9.18 Å². The van der Waals surface area contributed by atoms with Gasteiger partial charge in [-0.3, -0.25) is 0 Å². The second-order valence-corrected chi connectivity index (χ2v) is 6.32. The highest BCUT2D eigenvalue weighted by atomic mass is 19.1. The third-order valence-corrected chi connectivity index (χ3v) is 3.65. The minimum atomic E-state index is -0.587. The molecule has 5 nitrogen and oxygen atoms in total. The lowest BCUT2D eigenvalue weighted by Gasteiger charge is -2.30. The Bertz CT molecular complexity index is 506. The molecule has 2 amide bonds. The van der Waals surface area contributed by atoms with Crippen LogP contribution in [0, 0.1) is 5.82 Å². The topological polar surface area (TPSA) is 55.8 Å². The molecule has 1 aromatic carbocycles. The molecule has 0 fully saturated rings. The molecule has 2 N–H and O–H groups in total. The molecule has 0 aliphatic carbocycles. The predicted octanol–water partition coefficient (Wildman–Crippen LogP) is 2.23. The number of hydrogen-bond acceptors (Lipinski definition) is 3. The van der Waals surface area contributed by atoms with Gasteiger partial charge in [0.15, 0.2) is 0 Å². The van der Waals surface area contributed by atoms with E-state index in [1.807, 2.05) is 38.9 Å². The highest BCUT2D eigenvalue weighted by Crippen LogP contribution is 2.18. The molecule has 1 aromatic rings. The highest BCUT2D eigenvalue weighted by molar-refractivity contribution is 5.74. The van der Waals surface area contributed by atoms with E-state index in [0.717, 1.165) is 5.56 Å². The van der Waals surface area contributed by atoms with Crippen LogP contribution in [0.4, 0.5) is 9.18 Å². The van der Waals surface area contributed by atoms with E-state index in [1.54, 1.807) is 17.9 Å². The maximum atomic E-state index is 13.4.